The Morgan fingerprint density at radius 1 is 1.46 bits per heavy atom. The molecule has 0 atom stereocenters. The van der Waals surface area contributed by atoms with E-state index >= 15 is 0 Å². The normalized spacial score (nSPS) is 9.31. The molecule has 2 N–H and O–H groups in total. The number of hydrogen-bond donors (Lipinski definition) is 2. The second-order valence-corrected chi connectivity index (χ2v) is 3.28. The average molecular weight is 198 g/mol. The van der Waals surface area contributed by atoms with Gasteiger partial charge in [0.1, 0.15) is 0 Å². The van der Waals surface area contributed by atoms with E-state index < -0.39 is 0 Å². The lowest BCUT2D eigenvalue weighted by Gasteiger charge is -2.03. The van der Waals surface area contributed by atoms with Crippen molar-refractivity contribution in [3.8, 4) is 0 Å². The Bertz CT molecular complexity index is 295. The monoisotopic (exact) mass is 198 g/mol. The molecule has 1 aromatic rings. The van der Waals surface area contributed by atoms with Crippen LogP contribution >= 0.6 is 11.3 Å². The number of hydrazine groups is 1. The molecule has 0 radical (unpaired) electrons. The summed E-state index contributed by atoms with van der Waals surface area (Å²) >= 11 is 1.33. The van der Waals surface area contributed by atoms with Crippen LogP contribution in [0.3, 0.4) is 0 Å². The molecule has 1 aromatic heterocycles. The third-order valence-corrected chi connectivity index (χ3v) is 2.25. The number of rotatable bonds is 2. The van der Waals surface area contributed by atoms with Gasteiger partial charge in [0.25, 0.3) is 5.91 Å². The third-order valence-electron chi connectivity index (χ3n) is 1.38. The summed E-state index contributed by atoms with van der Waals surface area (Å²) in [4.78, 5) is 22.6. The lowest BCUT2D eigenvalue weighted by atomic mass is 10.4. The van der Waals surface area contributed by atoms with Gasteiger partial charge in [-0.15, -0.1) is 11.3 Å². The first-order valence-corrected chi connectivity index (χ1v) is 4.74. The van der Waals surface area contributed by atoms with Crippen molar-refractivity contribution < 1.29 is 9.59 Å². The van der Waals surface area contributed by atoms with Crippen molar-refractivity contribution in [2.24, 2.45) is 0 Å². The summed E-state index contributed by atoms with van der Waals surface area (Å²) in [5, 5.41) is 1.80. The highest BCUT2D eigenvalue weighted by Gasteiger charge is 2.05. The number of carbonyl (C=O) groups is 2. The SMILES string of the molecule is CCC(=O)NNC(=O)c1cccs1. The fourth-order valence-corrected chi connectivity index (χ4v) is 1.30. The molecule has 13 heavy (non-hydrogen) atoms. The van der Waals surface area contributed by atoms with Crippen molar-refractivity contribution >= 4 is 23.2 Å². The molecule has 0 aromatic carbocycles. The Kier molecular flexibility index (Phi) is 3.45. The van der Waals surface area contributed by atoms with Gasteiger partial charge in [0.15, 0.2) is 0 Å². The van der Waals surface area contributed by atoms with Crippen molar-refractivity contribution in [3.63, 3.8) is 0 Å². The fourth-order valence-electron chi connectivity index (χ4n) is 0.684. The van der Waals surface area contributed by atoms with Gasteiger partial charge in [-0.05, 0) is 11.4 Å². The van der Waals surface area contributed by atoms with E-state index in [1.165, 1.54) is 11.3 Å². The van der Waals surface area contributed by atoms with Crippen LogP contribution in [0, 0.1) is 0 Å². The van der Waals surface area contributed by atoms with Gasteiger partial charge in [0.05, 0.1) is 4.88 Å². The third kappa shape index (κ3) is 2.87. The molecule has 70 valence electrons. The molecule has 0 saturated heterocycles. The standard InChI is InChI=1S/C8H10N2O2S/c1-2-7(11)9-10-8(12)6-4-3-5-13-6/h3-5H,2H2,1H3,(H,9,11)(H,10,12). The van der Waals surface area contributed by atoms with E-state index in [-0.39, 0.29) is 11.8 Å². The Hall–Kier alpha value is -1.36. The predicted octanol–water partition coefficient (Wildman–Crippen LogP) is 0.919. The molecule has 0 unspecified atom stereocenters. The van der Waals surface area contributed by atoms with E-state index in [4.69, 9.17) is 0 Å². The second-order valence-electron chi connectivity index (χ2n) is 2.33. The minimum absolute atomic E-state index is 0.204. The lowest BCUT2D eigenvalue weighted by Crippen LogP contribution is -2.40. The first-order chi connectivity index (χ1) is 6.24. The molecule has 0 aliphatic heterocycles. The summed E-state index contributed by atoms with van der Waals surface area (Å²) in [6, 6.07) is 3.47. The highest BCUT2D eigenvalue weighted by molar-refractivity contribution is 7.12. The maximum absolute atomic E-state index is 11.2. The van der Waals surface area contributed by atoms with Crippen LogP contribution in [0.1, 0.15) is 23.0 Å². The van der Waals surface area contributed by atoms with Crippen molar-refractivity contribution in [1.29, 1.82) is 0 Å². The number of carbonyl (C=O) groups excluding carboxylic acids is 2. The summed E-state index contributed by atoms with van der Waals surface area (Å²) in [7, 11) is 0. The van der Waals surface area contributed by atoms with Gasteiger partial charge in [0.2, 0.25) is 5.91 Å². The van der Waals surface area contributed by atoms with E-state index in [0.29, 0.717) is 11.3 Å². The maximum atomic E-state index is 11.2. The van der Waals surface area contributed by atoms with E-state index in [1.807, 2.05) is 0 Å². The van der Waals surface area contributed by atoms with E-state index in [1.54, 1.807) is 24.4 Å². The first-order valence-electron chi connectivity index (χ1n) is 3.86. The van der Waals surface area contributed by atoms with Crippen LogP contribution in [0.5, 0.6) is 0 Å². The zero-order valence-corrected chi connectivity index (χ0v) is 7.98. The molecule has 5 heteroatoms. The van der Waals surface area contributed by atoms with Crippen LogP contribution in [-0.4, -0.2) is 11.8 Å². The Morgan fingerprint density at radius 3 is 2.77 bits per heavy atom. The van der Waals surface area contributed by atoms with E-state index in [9.17, 15) is 9.59 Å². The lowest BCUT2D eigenvalue weighted by molar-refractivity contribution is -0.121. The van der Waals surface area contributed by atoms with Crippen LogP contribution in [-0.2, 0) is 4.79 Å². The quantitative estimate of drug-likeness (QED) is 0.694. The Balaban J connectivity index is 2.39. The molecule has 0 aliphatic carbocycles. The zero-order chi connectivity index (χ0) is 9.68. The summed E-state index contributed by atoms with van der Waals surface area (Å²) in [5.74, 6) is -0.485. The molecule has 0 spiro atoms. The largest absolute Gasteiger partial charge is 0.279 e. The topological polar surface area (TPSA) is 58.2 Å². The van der Waals surface area contributed by atoms with Crippen molar-refractivity contribution in [2.45, 2.75) is 13.3 Å². The Labute approximate surface area is 79.9 Å². The Morgan fingerprint density at radius 2 is 2.23 bits per heavy atom. The smallest absolute Gasteiger partial charge is 0.273 e. The molecule has 0 fully saturated rings. The molecule has 0 aliphatic rings. The van der Waals surface area contributed by atoms with Gasteiger partial charge < -0.3 is 0 Å². The molecule has 1 heterocycles. The minimum Gasteiger partial charge on any atom is -0.273 e. The predicted molar refractivity (Wildman–Crippen MR) is 50.2 cm³/mol. The van der Waals surface area contributed by atoms with Crippen LogP contribution in [0.15, 0.2) is 17.5 Å². The van der Waals surface area contributed by atoms with Crippen LogP contribution < -0.4 is 10.9 Å². The fraction of sp³-hybridized carbons (Fsp3) is 0.250. The minimum atomic E-state index is -0.281. The van der Waals surface area contributed by atoms with E-state index in [2.05, 4.69) is 10.9 Å². The maximum Gasteiger partial charge on any atom is 0.279 e. The van der Waals surface area contributed by atoms with Gasteiger partial charge >= 0.3 is 0 Å². The number of amides is 2. The zero-order valence-electron chi connectivity index (χ0n) is 7.16. The average Bonchev–Trinajstić information content (AvgIpc) is 2.66. The first kappa shape index (κ1) is 9.73. The van der Waals surface area contributed by atoms with Crippen LogP contribution in [0.25, 0.3) is 0 Å². The summed E-state index contributed by atoms with van der Waals surface area (Å²) in [5.41, 5.74) is 4.60. The molecule has 0 saturated carbocycles. The summed E-state index contributed by atoms with van der Waals surface area (Å²) in [6.07, 6.45) is 0.352. The molecular formula is C8H10N2O2S. The van der Waals surface area contributed by atoms with Gasteiger partial charge in [0, 0.05) is 6.42 Å². The molecule has 1 rings (SSSR count). The number of nitrogens with one attached hydrogen (secondary N) is 2. The molecule has 0 bridgehead atoms. The highest BCUT2D eigenvalue weighted by atomic mass is 32.1. The molecular weight excluding hydrogens is 188 g/mol. The molecule has 2 amide bonds. The van der Waals surface area contributed by atoms with Crippen molar-refractivity contribution in [1.82, 2.24) is 10.9 Å². The molecule has 4 nitrogen and oxygen atoms in total. The van der Waals surface area contributed by atoms with Crippen molar-refractivity contribution in [3.05, 3.63) is 22.4 Å². The van der Waals surface area contributed by atoms with Gasteiger partial charge in [-0.2, -0.15) is 0 Å². The van der Waals surface area contributed by atoms with Gasteiger partial charge in [-0.25, -0.2) is 0 Å². The second kappa shape index (κ2) is 4.61. The highest BCUT2D eigenvalue weighted by Crippen LogP contribution is 2.06. The van der Waals surface area contributed by atoms with Gasteiger partial charge in [-0.1, -0.05) is 13.0 Å². The van der Waals surface area contributed by atoms with E-state index in [0.717, 1.165) is 0 Å². The number of thiophene rings is 1. The van der Waals surface area contributed by atoms with Crippen LogP contribution in [0.4, 0.5) is 0 Å². The van der Waals surface area contributed by atoms with Gasteiger partial charge in [-0.3, -0.25) is 20.4 Å². The summed E-state index contributed by atoms with van der Waals surface area (Å²) in [6.45, 7) is 1.71. The van der Waals surface area contributed by atoms with Crippen molar-refractivity contribution in [2.75, 3.05) is 0 Å². The summed E-state index contributed by atoms with van der Waals surface area (Å²) < 4.78 is 0. The van der Waals surface area contributed by atoms with Crippen LogP contribution in [0.2, 0.25) is 0 Å². The number of hydrogen-bond acceptors (Lipinski definition) is 3.